The van der Waals surface area contributed by atoms with Crippen molar-refractivity contribution in [3.8, 4) is 0 Å². The Kier molecular flexibility index (Phi) is 7.54. The summed E-state index contributed by atoms with van der Waals surface area (Å²) in [5.74, 6) is 0.446. The van der Waals surface area contributed by atoms with E-state index in [0.29, 0.717) is 25.5 Å². The van der Waals surface area contributed by atoms with Crippen LogP contribution in [0.2, 0.25) is 0 Å². The van der Waals surface area contributed by atoms with Crippen molar-refractivity contribution in [2.24, 2.45) is 0 Å². The normalized spacial score (nSPS) is 12.3. The van der Waals surface area contributed by atoms with Crippen LogP contribution in [0.4, 0.5) is 0 Å². The zero-order valence-electron chi connectivity index (χ0n) is 8.62. The Morgan fingerprint density at radius 3 is 2.57 bits per heavy atom. The average molecular weight is 244 g/mol. The maximum absolute atomic E-state index is 11.2. The molecule has 0 aromatic rings. The van der Waals surface area contributed by atoms with Gasteiger partial charge in [0.1, 0.15) is 0 Å². The van der Waals surface area contributed by atoms with E-state index in [2.05, 4.69) is 4.72 Å². The van der Waals surface area contributed by atoms with Crippen LogP contribution in [-0.2, 0) is 14.8 Å². The molecule has 0 saturated heterocycles. The minimum absolute atomic E-state index is 0.0815. The number of hydrogen-bond acceptors (Lipinski definition) is 3. The number of ether oxygens (including phenoxy) is 1. The number of sulfonamides is 1. The summed E-state index contributed by atoms with van der Waals surface area (Å²) in [6.07, 6.45) is 0.601. The van der Waals surface area contributed by atoms with Crippen molar-refractivity contribution in [3.05, 3.63) is 0 Å². The molecule has 0 unspecified atom stereocenters. The molecule has 0 saturated carbocycles. The number of rotatable bonds is 8. The first kappa shape index (κ1) is 14.2. The van der Waals surface area contributed by atoms with Crippen molar-refractivity contribution in [2.45, 2.75) is 26.4 Å². The molecule has 0 aliphatic carbocycles. The predicted octanol–water partition coefficient (Wildman–Crippen LogP) is 0.960. The summed E-state index contributed by atoms with van der Waals surface area (Å²) >= 11 is 5.39. The molecular weight excluding hydrogens is 226 g/mol. The van der Waals surface area contributed by atoms with Crippen LogP contribution in [0.3, 0.4) is 0 Å². The Labute approximate surface area is 91.0 Å². The lowest BCUT2D eigenvalue weighted by Crippen LogP contribution is -2.30. The number of halogens is 1. The van der Waals surface area contributed by atoms with Gasteiger partial charge in [0.05, 0.1) is 18.5 Å². The van der Waals surface area contributed by atoms with E-state index in [1.54, 1.807) is 0 Å². The minimum Gasteiger partial charge on any atom is -0.377 e. The minimum atomic E-state index is -3.16. The quantitative estimate of drug-likeness (QED) is 0.510. The molecule has 14 heavy (non-hydrogen) atoms. The summed E-state index contributed by atoms with van der Waals surface area (Å²) in [6, 6.07) is 0. The highest BCUT2D eigenvalue weighted by Gasteiger charge is 2.08. The molecule has 86 valence electrons. The van der Waals surface area contributed by atoms with Gasteiger partial charge in [0.15, 0.2) is 0 Å². The molecule has 0 spiro atoms. The van der Waals surface area contributed by atoms with E-state index >= 15 is 0 Å². The van der Waals surface area contributed by atoms with Crippen molar-refractivity contribution in [2.75, 3.05) is 24.8 Å². The third kappa shape index (κ3) is 8.74. The van der Waals surface area contributed by atoms with Gasteiger partial charge < -0.3 is 4.74 Å². The van der Waals surface area contributed by atoms with Crippen LogP contribution in [0.5, 0.6) is 0 Å². The highest BCUT2D eigenvalue weighted by Crippen LogP contribution is 1.92. The Morgan fingerprint density at radius 2 is 2.07 bits per heavy atom. The van der Waals surface area contributed by atoms with Crippen LogP contribution in [0.25, 0.3) is 0 Å². The van der Waals surface area contributed by atoms with E-state index in [4.69, 9.17) is 16.3 Å². The van der Waals surface area contributed by atoms with Crippen LogP contribution < -0.4 is 4.72 Å². The van der Waals surface area contributed by atoms with Gasteiger partial charge in [-0.1, -0.05) is 0 Å². The third-order valence-corrected chi connectivity index (χ3v) is 3.16. The van der Waals surface area contributed by atoms with Crippen molar-refractivity contribution >= 4 is 21.6 Å². The van der Waals surface area contributed by atoms with Crippen molar-refractivity contribution in [3.63, 3.8) is 0 Å². The lowest BCUT2D eigenvalue weighted by Gasteiger charge is -2.08. The Balaban J connectivity index is 3.56. The van der Waals surface area contributed by atoms with Gasteiger partial charge >= 0.3 is 0 Å². The molecule has 0 aromatic heterocycles. The zero-order chi connectivity index (χ0) is 11.0. The van der Waals surface area contributed by atoms with Crippen LogP contribution in [0.1, 0.15) is 20.3 Å². The number of alkyl halides is 1. The third-order valence-electron chi connectivity index (χ3n) is 1.42. The van der Waals surface area contributed by atoms with Crippen LogP contribution in [0, 0.1) is 0 Å². The second kappa shape index (κ2) is 7.45. The first-order valence-corrected chi connectivity index (χ1v) is 6.81. The SMILES string of the molecule is CC(C)OCCNS(=O)(=O)CCCCl. The van der Waals surface area contributed by atoms with Gasteiger partial charge in [0.2, 0.25) is 10.0 Å². The predicted molar refractivity (Wildman–Crippen MR) is 58.2 cm³/mol. The second-order valence-electron chi connectivity index (χ2n) is 3.18. The fourth-order valence-electron chi connectivity index (χ4n) is 0.809. The van der Waals surface area contributed by atoms with Gasteiger partial charge in [0, 0.05) is 12.4 Å². The summed E-state index contributed by atoms with van der Waals surface area (Å²) < 4.78 is 30.0. The van der Waals surface area contributed by atoms with E-state index in [1.807, 2.05) is 13.8 Å². The molecule has 0 rings (SSSR count). The van der Waals surface area contributed by atoms with Crippen LogP contribution in [-0.4, -0.2) is 39.3 Å². The van der Waals surface area contributed by atoms with E-state index in [-0.39, 0.29) is 11.9 Å². The van der Waals surface area contributed by atoms with Gasteiger partial charge in [-0.15, -0.1) is 11.6 Å². The van der Waals surface area contributed by atoms with Crippen molar-refractivity contribution in [1.29, 1.82) is 0 Å². The summed E-state index contributed by atoms with van der Waals surface area (Å²) in [7, 11) is -3.16. The average Bonchev–Trinajstić information content (AvgIpc) is 2.09. The Morgan fingerprint density at radius 1 is 1.43 bits per heavy atom. The van der Waals surface area contributed by atoms with Crippen molar-refractivity contribution < 1.29 is 13.2 Å². The topological polar surface area (TPSA) is 55.4 Å². The van der Waals surface area contributed by atoms with Gasteiger partial charge in [-0.25, -0.2) is 13.1 Å². The van der Waals surface area contributed by atoms with Gasteiger partial charge in [0.25, 0.3) is 0 Å². The summed E-state index contributed by atoms with van der Waals surface area (Å²) in [5.41, 5.74) is 0. The molecule has 1 N–H and O–H groups in total. The van der Waals surface area contributed by atoms with Gasteiger partial charge in [-0.05, 0) is 20.3 Å². The Hall–Kier alpha value is 0.160. The largest absolute Gasteiger partial charge is 0.377 e. The number of hydrogen-bond donors (Lipinski definition) is 1. The molecule has 0 aromatic carbocycles. The fourth-order valence-corrected chi connectivity index (χ4v) is 2.16. The first-order chi connectivity index (χ1) is 6.48. The standard InChI is InChI=1S/C8H18ClNO3S/c1-8(2)13-6-5-10-14(11,12)7-3-4-9/h8,10H,3-7H2,1-2H3. The number of nitrogens with one attached hydrogen (secondary N) is 1. The summed E-state index contributed by atoms with van der Waals surface area (Å²) in [4.78, 5) is 0. The Bertz CT molecular complexity index is 229. The molecule has 0 aliphatic rings. The van der Waals surface area contributed by atoms with Crippen molar-refractivity contribution in [1.82, 2.24) is 4.72 Å². The maximum atomic E-state index is 11.2. The summed E-state index contributed by atoms with van der Waals surface area (Å²) in [5, 5.41) is 0. The summed E-state index contributed by atoms with van der Waals surface area (Å²) in [6.45, 7) is 4.53. The lowest BCUT2D eigenvalue weighted by atomic mass is 10.5. The molecule has 0 radical (unpaired) electrons. The molecule has 0 fully saturated rings. The highest BCUT2D eigenvalue weighted by atomic mass is 35.5. The molecular formula is C8H18ClNO3S. The van der Waals surface area contributed by atoms with Crippen LogP contribution >= 0.6 is 11.6 Å². The van der Waals surface area contributed by atoms with E-state index < -0.39 is 10.0 Å². The zero-order valence-corrected chi connectivity index (χ0v) is 10.2. The fraction of sp³-hybridized carbons (Fsp3) is 1.00. The molecule has 0 atom stereocenters. The maximum Gasteiger partial charge on any atom is 0.211 e. The van der Waals surface area contributed by atoms with E-state index in [0.717, 1.165) is 0 Å². The second-order valence-corrected chi connectivity index (χ2v) is 5.48. The van der Waals surface area contributed by atoms with Crippen LogP contribution in [0.15, 0.2) is 0 Å². The molecule has 6 heteroatoms. The highest BCUT2D eigenvalue weighted by molar-refractivity contribution is 7.89. The first-order valence-electron chi connectivity index (χ1n) is 4.63. The lowest BCUT2D eigenvalue weighted by molar-refractivity contribution is 0.0834. The molecule has 0 bridgehead atoms. The molecule has 4 nitrogen and oxygen atoms in total. The molecule has 0 heterocycles. The molecule has 0 amide bonds. The molecule has 0 aliphatic heterocycles. The van der Waals surface area contributed by atoms with E-state index in [9.17, 15) is 8.42 Å². The van der Waals surface area contributed by atoms with E-state index in [1.165, 1.54) is 0 Å². The van der Waals surface area contributed by atoms with Gasteiger partial charge in [-0.3, -0.25) is 0 Å². The van der Waals surface area contributed by atoms with Gasteiger partial charge in [-0.2, -0.15) is 0 Å². The smallest absolute Gasteiger partial charge is 0.211 e. The monoisotopic (exact) mass is 243 g/mol.